The van der Waals surface area contributed by atoms with Gasteiger partial charge in [0.1, 0.15) is 18.3 Å². The first kappa shape index (κ1) is 9.01. The quantitative estimate of drug-likeness (QED) is 0.521. The zero-order valence-electron chi connectivity index (χ0n) is 8.11. The van der Waals surface area contributed by atoms with Crippen LogP contribution in [0.5, 0.6) is 0 Å². The molecule has 72 valence electrons. The smallest absolute Gasteiger partial charge is 0.164 e. The van der Waals surface area contributed by atoms with Crippen LogP contribution in [-0.4, -0.2) is 30.2 Å². The zero-order valence-corrected chi connectivity index (χ0v) is 8.11. The third-order valence-electron chi connectivity index (χ3n) is 2.45. The van der Waals surface area contributed by atoms with Crippen LogP contribution < -0.4 is 0 Å². The van der Waals surface area contributed by atoms with Crippen molar-refractivity contribution in [1.82, 2.24) is 0 Å². The van der Waals surface area contributed by atoms with E-state index in [4.69, 9.17) is 20.6 Å². The van der Waals surface area contributed by atoms with Crippen molar-refractivity contribution in [2.75, 3.05) is 0 Å². The fourth-order valence-corrected chi connectivity index (χ4v) is 1.93. The molecule has 4 atom stereocenters. The lowest BCUT2D eigenvalue weighted by molar-refractivity contribution is -0.179. The van der Waals surface area contributed by atoms with E-state index < -0.39 is 5.79 Å². The molecule has 0 N–H and O–H groups in total. The van der Waals surface area contributed by atoms with Crippen molar-refractivity contribution in [3.8, 4) is 12.3 Å². The third kappa shape index (κ3) is 1.35. The first-order valence-corrected chi connectivity index (χ1v) is 4.51. The van der Waals surface area contributed by atoms with Gasteiger partial charge in [-0.25, -0.2) is 0 Å². The molecule has 3 nitrogen and oxygen atoms in total. The Morgan fingerprint density at radius 1 is 1.23 bits per heavy atom. The highest BCUT2D eigenvalue weighted by molar-refractivity contribution is 5.09. The molecule has 0 aromatic rings. The van der Waals surface area contributed by atoms with E-state index in [-0.39, 0.29) is 24.4 Å². The van der Waals surface area contributed by atoms with E-state index in [9.17, 15) is 0 Å². The summed E-state index contributed by atoms with van der Waals surface area (Å²) in [6.45, 7) is 5.75. The SMILES string of the molecule is C#C[C@H]1O[C@@H](C)[C@@H]2OC(C)(C)O[C@@H]21. The Morgan fingerprint density at radius 3 is 2.46 bits per heavy atom. The van der Waals surface area contributed by atoms with E-state index >= 15 is 0 Å². The number of fused-ring (bicyclic) bond motifs is 1. The van der Waals surface area contributed by atoms with Gasteiger partial charge in [-0.3, -0.25) is 0 Å². The Hall–Kier alpha value is -0.560. The molecule has 2 saturated heterocycles. The van der Waals surface area contributed by atoms with Gasteiger partial charge in [0, 0.05) is 0 Å². The molecule has 3 heteroatoms. The molecule has 0 aromatic heterocycles. The topological polar surface area (TPSA) is 27.7 Å². The highest BCUT2D eigenvalue weighted by Crippen LogP contribution is 2.38. The second-order valence-corrected chi connectivity index (χ2v) is 3.99. The van der Waals surface area contributed by atoms with Crippen molar-refractivity contribution < 1.29 is 14.2 Å². The van der Waals surface area contributed by atoms with Gasteiger partial charge in [0.2, 0.25) is 0 Å². The van der Waals surface area contributed by atoms with Gasteiger partial charge in [0.25, 0.3) is 0 Å². The average Bonchev–Trinajstić information content (AvgIpc) is 2.47. The lowest BCUT2D eigenvalue weighted by atomic mass is 10.1. The first-order valence-electron chi connectivity index (χ1n) is 4.51. The van der Waals surface area contributed by atoms with E-state index in [1.165, 1.54) is 0 Å². The van der Waals surface area contributed by atoms with Crippen molar-refractivity contribution >= 4 is 0 Å². The number of rotatable bonds is 0. The maximum absolute atomic E-state index is 5.67. The van der Waals surface area contributed by atoms with Crippen LogP contribution in [0.25, 0.3) is 0 Å². The molecule has 0 aliphatic carbocycles. The summed E-state index contributed by atoms with van der Waals surface area (Å²) < 4.78 is 16.8. The highest BCUT2D eigenvalue weighted by Gasteiger charge is 2.53. The molecule has 2 heterocycles. The van der Waals surface area contributed by atoms with Crippen LogP contribution in [0.3, 0.4) is 0 Å². The van der Waals surface area contributed by atoms with E-state index in [1.807, 2.05) is 20.8 Å². The van der Waals surface area contributed by atoms with Gasteiger partial charge in [-0.1, -0.05) is 5.92 Å². The lowest BCUT2D eigenvalue weighted by Gasteiger charge is -2.21. The molecule has 2 aliphatic rings. The van der Waals surface area contributed by atoms with Crippen LogP contribution in [0.1, 0.15) is 20.8 Å². The minimum absolute atomic E-state index is 0.0175. The summed E-state index contributed by atoms with van der Waals surface area (Å²) in [6.07, 6.45) is 4.97. The molecule has 2 aliphatic heterocycles. The summed E-state index contributed by atoms with van der Waals surface area (Å²) >= 11 is 0. The number of hydrogen-bond acceptors (Lipinski definition) is 3. The highest BCUT2D eigenvalue weighted by atomic mass is 16.8. The molecule has 0 unspecified atom stereocenters. The van der Waals surface area contributed by atoms with Gasteiger partial charge in [0.05, 0.1) is 6.10 Å². The minimum atomic E-state index is -0.525. The van der Waals surface area contributed by atoms with Crippen LogP contribution in [-0.2, 0) is 14.2 Å². The van der Waals surface area contributed by atoms with Crippen molar-refractivity contribution in [1.29, 1.82) is 0 Å². The summed E-state index contributed by atoms with van der Waals surface area (Å²) in [7, 11) is 0. The van der Waals surface area contributed by atoms with Crippen LogP contribution in [0, 0.1) is 12.3 Å². The van der Waals surface area contributed by atoms with Gasteiger partial charge in [-0.2, -0.15) is 0 Å². The Bertz CT molecular complexity index is 253. The van der Waals surface area contributed by atoms with E-state index in [2.05, 4.69) is 5.92 Å². The molecular formula is C10H14O3. The normalized spacial score (nSPS) is 47.2. The summed E-state index contributed by atoms with van der Waals surface area (Å²) in [5, 5.41) is 0. The third-order valence-corrected chi connectivity index (χ3v) is 2.45. The Morgan fingerprint density at radius 2 is 1.85 bits per heavy atom. The van der Waals surface area contributed by atoms with Crippen LogP contribution in [0.4, 0.5) is 0 Å². The molecule has 13 heavy (non-hydrogen) atoms. The molecular weight excluding hydrogens is 168 g/mol. The summed E-state index contributed by atoms with van der Waals surface area (Å²) in [4.78, 5) is 0. The lowest BCUT2D eigenvalue weighted by Crippen LogP contribution is -2.28. The molecule has 2 rings (SSSR count). The second-order valence-electron chi connectivity index (χ2n) is 3.99. The van der Waals surface area contributed by atoms with Crippen molar-refractivity contribution in [3.05, 3.63) is 0 Å². The van der Waals surface area contributed by atoms with Crippen LogP contribution in [0.15, 0.2) is 0 Å². The van der Waals surface area contributed by atoms with Crippen LogP contribution in [0.2, 0.25) is 0 Å². The van der Waals surface area contributed by atoms with E-state index in [0.29, 0.717) is 0 Å². The molecule has 0 spiro atoms. The van der Waals surface area contributed by atoms with Crippen molar-refractivity contribution in [2.45, 2.75) is 51.0 Å². The molecule has 2 fully saturated rings. The summed E-state index contributed by atoms with van der Waals surface area (Å²) in [5.41, 5.74) is 0. The van der Waals surface area contributed by atoms with Gasteiger partial charge in [-0.15, -0.1) is 6.42 Å². The fraction of sp³-hybridized carbons (Fsp3) is 0.800. The van der Waals surface area contributed by atoms with E-state index in [1.54, 1.807) is 0 Å². The van der Waals surface area contributed by atoms with E-state index in [0.717, 1.165) is 0 Å². The molecule has 0 amide bonds. The monoisotopic (exact) mass is 182 g/mol. The fourth-order valence-electron chi connectivity index (χ4n) is 1.93. The maximum atomic E-state index is 5.67. The zero-order chi connectivity index (χ0) is 9.64. The van der Waals surface area contributed by atoms with Crippen LogP contribution >= 0.6 is 0 Å². The molecule has 0 bridgehead atoms. The number of terminal acetylenes is 1. The predicted molar refractivity (Wildman–Crippen MR) is 47.0 cm³/mol. The minimum Gasteiger partial charge on any atom is -0.357 e. The standard InChI is InChI=1S/C10H14O3/c1-5-7-9-8(6(2)11-7)12-10(3,4)13-9/h1,6-9H,2-4H3/t6-,7+,8-,9+/m0/s1. The van der Waals surface area contributed by atoms with Gasteiger partial charge >= 0.3 is 0 Å². The average molecular weight is 182 g/mol. The molecule has 0 radical (unpaired) electrons. The second kappa shape index (κ2) is 2.71. The summed E-state index contributed by atoms with van der Waals surface area (Å²) in [6, 6.07) is 0. The predicted octanol–water partition coefficient (Wildman–Crippen LogP) is 0.927. The molecule has 0 saturated carbocycles. The molecule has 0 aromatic carbocycles. The van der Waals surface area contributed by atoms with Gasteiger partial charge in [-0.05, 0) is 20.8 Å². The number of hydrogen-bond donors (Lipinski definition) is 0. The Labute approximate surface area is 78.4 Å². The van der Waals surface area contributed by atoms with Crippen molar-refractivity contribution in [2.24, 2.45) is 0 Å². The first-order chi connectivity index (χ1) is 6.03. The summed E-state index contributed by atoms with van der Waals surface area (Å²) in [5.74, 6) is 2.05. The largest absolute Gasteiger partial charge is 0.357 e. The maximum Gasteiger partial charge on any atom is 0.164 e. The van der Waals surface area contributed by atoms with Gasteiger partial charge < -0.3 is 14.2 Å². The Kier molecular flexibility index (Phi) is 1.88. The van der Waals surface area contributed by atoms with Crippen molar-refractivity contribution in [3.63, 3.8) is 0 Å². The number of ether oxygens (including phenoxy) is 3. The Balaban J connectivity index is 2.18. The van der Waals surface area contributed by atoms with Gasteiger partial charge in [0.15, 0.2) is 5.79 Å².